The molecule has 1 aromatic heterocycles. The van der Waals surface area contributed by atoms with Gasteiger partial charge in [-0.15, -0.1) is 0 Å². The standard InChI is InChI=1S/C16H26N6O2S/c1-25(23,24)16(5-2-3-6-16)13-20-14(17)21-9-11-22(12-10-21)15-18-7-4-8-19-15/h4,7-8H,2-3,5-6,9-13H2,1H3,(H2,17,20). The SMILES string of the molecule is CS(=O)(=O)C1(CN=C(N)N2CCN(c3ncccn3)CC2)CCCC1. The van der Waals surface area contributed by atoms with Gasteiger partial charge in [0.2, 0.25) is 5.95 Å². The molecule has 0 atom stereocenters. The number of aliphatic imine (C=N–C) groups is 1. The van der Waals surface area contributed by atoms with E-state index in [0.29, 0.717) is 18.8 Å². The number of nitrogens with zero attached hydrogens (tertiary/aromatic N) is 5. The second kappa shape index (κ2) is 7.15. The molecule has 25 heavy (non-hydrogen) atoms. The van der Waals surface area contributed by atoms with Crippen LogP contribution in [0.1, 0.15) is 25.7 Å². The van der Waals surface area contributed by atoms with Crippen molar-refractivity contribution in [3.8, 4) is 0 Å². The topological polar surface area (TPSA) is 105 Å². The van der Waals surface area contributed by atoms with Gasteiger partial charge in [-0.1, -0.05) is 12.8 Å². The zero-order valence-corrected chi connectivity index (χ0v) is 15.5. The summed E-state index contributed by atoms with van der Waals surface area (Å²) in [5.74, 6) is 1.16. The average molecular weight is 366 g/mol. The second-order valence-corrected chi connectivity index (χ2v) is 9.27. The van der Waals surface area contributed by atoms with Gasteiger partial charge in [0.15, 0.2) is 15.8 Å². The lowest BCUT2D eigenvalue weighted by atomic mass is 10.1. The Labute approximate surface area is 149 Å². The maximum Gasteiger partial charge on any atom is 0.225 e. The van der Waals surface area contributed by atoms with Crippen LogP contribution in [-0.4, -0.2) is 73.0 Å². The first-order valence-corrected chi connectivity index (χ1v) is 10.6. The molecule has 0 amide bonds. The van der Waals surface area contributed by atoms with Crippen LogP contribution in [0.25, 0.3) is 0 Å². The molecule has 0 bridgehead atoms. The van der Waals surface area contributed by atoms with E-state index in [1.807, 2.05) is 4.90 Å². The van der Waals surface area contributed by atoms with E-state index in [-0.39, 0.29) is 6.54 Å². The highest BCUT2D eigenvalue weighted by Gasteiger charge is 2.43. The number of sulfone groups is 1. The molecule has 0 aromatic carbocycles. The first-order chi connectivity index (χ1) is 11.9. The van der Waals surface area contributed by atoms with Crippen molar-refractivity contribution in [2.45, 2.75) is 30.4 Å². The molecule has 1 aromatic rings. The summed E-state index contributed by atoms with van der Waals surface area (Å²) in [6, 6.07) is 1.80. The third-order valence-corrected chi connectivity index (χ3v) is 7.38. The Bertz CT molecular complexity index is 707. The Morgan fingerprint density at radius 2 is 1.80 bits per heavy atom. The number of rotatable bonds is 4. The maximum absolute atomic E-state index is 12.2. The fourth-order valence-corrected chi connectivity index (χ4v) is 4.91. The fourth-order valence-electron chi connectivity index (χ4n) is 3.58. The fraction of sp³-hybridized carbons (Fsp3) is 0.688. The van der Waals surface area contributed by atoms with Gasteiger partial charge in [-0.25, -0.2) is 18.4 Å². The molecular weight excluding hydrogens is 340 g/mol. The third-order valence-electron chi connectivity index (χ3n) is 5.27. The zero-order chi connectivity index (χ0) is 17.9. The Kier molecular flexibility index (Phi) is 5.12. The molecule has 8 nitrogen and oxygen atoms in total. The zero-order valence-electron chi connectivity index (χ0n) is 14.6. The molecule has 2 fully saturated rings. The molecular formula is C16H26N6O2S. The number of nitrogens with two attached hydrogens (primary N) is 1. The highest BCUT2D eigenvalue weighted by molar-refractivity contribution is 7.92. The van der Waals surface area contributed by atoms with Gasteiger partial charge in [0.1, 0.15) is 0 Å². The summed E-state index contributed by atoms with van der Waals surface area (Å²) in [5.41, 5.74) is 6.14. The van der Waals surface area contributed by atoms with Crippen molar-refractivity contribution in [1.29, 1.82) is 0 Å². The van der Waals surface area contributed by atoms with Crippen LogP contribution in [-0.2, 0) is 9.84 Å². The highest BCUT2D eigenvalue weighted by Crippen LogP contribution is 2.36. The quantitative estimate of drug-likeness (QED) is 0.602. The van der Waals surface area contributed by atoms with E-state index in [0.717, 1.165) is 45.0 Å². The molecule has 138 valence electrons. The summed E-state index contributed by atoms with van der Waals surface area (Å²) >= 11 is 0. The number of aromatic nitrogens is 2. The molecule has 9 heteroatoms. The number of hydrogen-bond donors (Lipinski definition) is 1. The minimum absolute atomic E-state index is 0.264. The molecule has 1 saturated heterocycles. The van der Waals surface area contributed by atoms with Crippen LogP contribution in [0.3, 0.4) is 0 Å². The number of piperazine rings is 1. The van der Waals surface area contributed by atoms with Crippen molar-refractivity contribution >= 4 is 21.7 Å². The van der Waals surface area contributed by atoms with Crippen LogP contribution >= 0.6 is 0 Å². The molecule has 0 radical (unpaired) electrons. The minimum Gasteiger partial charge on any atom is -0.370 e. The van der Waals surface area contributed by atoms with Crippen LogP contribution in [0, 0.1) is 0 Å². The predicted molar refractivity (Wildman–Crippen MR) is 98.4 cm³/mol. The lowest BCUT2D eigenvalue weighted by Gasteiger charge is -2.35. The smallest absolute Gasteiger partial charge is 0.225 e. The van der Waals surface area contributed by atoms with Crippen LogP contribution in [0.5, 0.6) is 0 Å². The molecule has 1 saturated carbocycles. The summed E-state index contributed by atoms with van der Waals surface area (Å²) in [5, 5.41) is 0. The molecule has 3 rings (SSSR count). The monoisotopic (exact) mass is 366 g/mol. The highest BCUT2D eigenvalue weighted by atomic mass is 32.2. The molecule has 2 N–H and O–H groups in total. The Balaban J connectivity index is 1.60. The van der Waals surface area contributed by atoms with Crippen molar-refractivity contribution in [1.82, 2.24) is 14.9 Å². The molecule has 2 heterocycles. The first kappa shape index (κ1) is 17.9. The van der Waals surface area contributed by atoms with Crippen LogP contribution in [0.15, 0.2) is 23.5 Å². The van der Waals surface area contributed by atoms with Gasteiger partial charge >= 0.3 is 0 Å². The van der Waals surface area contributed by atoms with Crippen molar-refractivity contribution < 1.29 is 8.42 Å². The van der Waals surface area contributed by atoms with Gasteiger partial charge in [0.05, 0.1) is 11.3 Å². The van der Waals surface area contributed by atoms with Gasteiger partial charge in [0.25, 0.3) is 0 Å². The summed E-state index contributed by atoms with van der Waals surface area (Å²) in [6.45, 7) is 3.23. The van der Waals surface area contributed by atoms with Gasteiger partial charge in [-0.3, -0.25) is 4.99 Å². The largest absolute Gasteiger partial charge is 0.370 e. The lowest BCUT2D eigenvalue weighted by molar-refractivity contribution is 0.377. The van der Waals surface area contributed by atoms with Crippen LogP contribution in [0.2, 0.25) is 0 Å². The third kappa shape index (κ3) is 3.86. The second-order valence-electron chi connectivity index (χ2n) is 6.86. The van der Waals surface area contributed by atoms with Gasteiger partial charge in [0, 0.05) is 44.8 Å². The molecule has 2 aliphatic rings. The molecule has 1 aliphatic carbocycles. The van der Waals surface area contributed by atoms with Crippen LogP contribution < -0.4 is 10.6 Å². The van der Waals surface area contributed by atoms with E-state index in [4.69, 9.17) is 5.73 Å². The van der Waals surface area contributed by atoms with Crippen molar-refractivity contribution in [2.24, 2.45) is 10.7 Å². The maximum atomic E-state index is 12.2. The first-order valence-electron chi connectivity index (χ1n) is 8.68. The van der Waals surface area contributed by atoms with E-state index in [2.05, 4.69) is 19.9 Å². The summed E-state index contributed by atoms with van der Waals surface area (Å²) < 4.78 is 23.7. The lowest BCUT2D eigenvalue weighted by Crippen LogP contribution is -2.52. The summed E-state index contributed by atoms with van der Waals surface area (Å²) in [7, 11) is -3.14. The number of hydrogen-bond acceptors (Lipinski definition) is 6. The predicted octanol–water partition coefficient (Wildman–Crippen LogP) is 0.271. The minimum atomic E-state index is -3.14. The van der Waals surface area contributed by atoms with E-state index in [1.165, 1.54) is 6.26 Å². The van der Waals surface area contributed by atoms with Crippen molar-refractivity contribution in [3.05, 3.63) is 18.5 Å². The summed E-state index contributed by atoms with van der Waals surface area (Å²) in [6.07, 6.45) is 8.04. The number of guanidine groups is 1. The van der Waals surface area contributed by atoms with Gasteiger partial charge in [-0.05, 0) is 18.9 Å². The van der Waals surface area contributed by atoms with E-state index >= 15 is 0 Å². The van der Waals surface area contributed by atoms with E-state index in [1.54, 1.807) is 18.5 Å². The summed E-state index contributed by atoms with van der Waals surface area (Å²) in [4.78, 5) is 17.1. The molecule has 0 spiro atoms. The van der Waals surface area contributed by atoms with E-state index in [9.17, 15) is 8.42 Å². The van der Waals surface area contributed by atoms with Crippen molar-refractivity contribution in [3.63, 3.8) is 0 Å². The molecule has 1 aliphatic heterocycles. The normalized spacial score (nSPS) is 21.6. The van der Waals surface area contributed by atoms with Crippen molar-refractivity contribution in [2.75, 3.05) is 43.9 Å². The van der Waals surface area contributed by atoms with E-state index < -0.39 is 14.6 Å². The van der Waals surface area contributed by atoms with Gasteiger partial charge in [-0.2, -0.15) is 0 Å². The molecule has 0 unspecified atom stereocenters. The Hall–Kier alpha value is -1.90. The van der Waals surface area contributed by atoms with Gasteiger partial charge < -0.3 is 15.5 Å². The Morgan fingerprint density at radius 1 is 1.20 bits per heavy atom. The van der Waals surface area contributed by atoms with Crippen LogP contribution in [0.4, 0.5) is 5.95 Å². The average Bonchev–Trinajstić information content (AvgIpc) is 3.11. The number of anilines is 1. The Morgan fingerprint density at radius 3 is 2.36 bits per heavy atom.